The van der Waals surface area contributed by atoms with Crippen LogP contribution in [0.4, 0.5) is 4.39 Å². The molecule has 0 saturated heterocycles. The lowest BCUT2D eigenvalue weighted by atomic mass is 10.0. The zero-order chi connectivity index (χ0) is 16.6. The first-order valence-electron chi connectivity index (χ1n) is 6.75. The molecule has 0 unspecified atom stereocenters. The van der Waals surface area contributed by atoms with Crippen LogP contribution in [0.1, 0.15) is 10.4 Å². The lowest BCUT2D eigenvalue weighted by molar-refractivity contribution is 0.0696. The number of methoxy groups -OCH3 is 1. The molecule has 116 valence electrons. The lowest BCUT2D eigenvalue weighted by Gasteiger charge is -2.10. The van der Waals surface area contributed by atoms with Gasteiger partial charge in [0.05, 0.1) is 23.7 Å². The second-order valence-electron chi connectivity index (χ2n) is 4.90. The van der Waals surface area contributed by atoms with E-state index in [0.29, 0.717) is 11.3 Å². The number of aromatic carboxylic acids is 1. The van der Waals surface area contributed by atoms with Gasteiger partial charge in [0.2, 0.25) is 5.43 Å². The number of carbonyl (C=O) groups is 1. The number of nitrogens with one attached hydrogen (secondary N) is 1. The van der Waals surface area contributed by atoms with Gasteiger partial charge < -0.3 is 14.8 Å². The fourth-order valence-electron chi connectivity index (χ4n) is 2.46. The monoisotopic (exact) mass is 313 g/mol. The van der Waals surface area contributed by atoms with Crippen LogP contribution >= 0.6 is 0 Å². The van der Waals surface area contributed by atoms with Crippen molar-refractivity contribution in [3.63, 3.8) is 0 Å². The zero-order valence-electron chi connectivity index (χ0n) is 12.1. The highest BCUT2D eigenvalue weighted by Crippen LogP contribution is 2.26. The van der Waals surface area contributed by atoms with Gasteiger partial charge in [-0.15, -0.1) is 0 Å². The van der Waals surface area contributed by atoms with Gasteiger partial charge in [0, 0.05) is 5.56 Å². The molecule has 2 N–H and O–H groups in total. The maximum absolute atomic E-state index is 14.0. The second-order valence-corrected chi connectivity index (χ2v) is 4.90. The zero-order valence-corrected chi connectivity index (χ0v) is 12.1. The quantitative estimate of drug-likeness (QED) is 0.779. The summed E-state index contributed by atoms with van der Waals surface area (Å²) in [5, 5.41) is 9.58. The van der Waals surface area contributed by atoms with Crippen molar-refractivity contribution in [1.29, 1.82) is 0 Å². The molecule has 0 saturated carbocycles. The Morgan fingerprint density at radius 1 is 1.22 bits per heavy atom. The summed E-state index contributed by atoms with van der Waals surface area (Å²) in [5.41, 5.74) is -0.823. The predicted molar refractivity (Wildman–Crippen MR) is 83.5 cm³/mol. The first kappa shape index (κ1) is 14.8. The Morgan fingerprint density at radius 3 is 2.61 bits per heavy atom. The molecule has 5 nitrogen and oxygen atoms in total. The van der Waals surface area contributed by atoms with Crippen LogP contribution in [0.25, 0.3) is 22.2 Å². The van der Waals surface area contributed by atoms with Gasteiger partial charge in [-0.1, -0.05) is 12.1 Å². The lowest BCUT2D eigenvalue weighted by Crippen LogP contribution is -2.18. The number of carboxylic acids is 1. The van der Waals surface area contributed by atoms with Crippen LogP contribution in [-0.2, 0) is 0 Å². The topological polar surface area (TPSA) is 79.4 Å². The summed E-state index contributed by atoms with van der Waals surface area (Å²) in [4.78, 5) is 27.0. The van der Waals surface area contributed by atoms with Gasteiger partial charge in [-0.05, 0) is 30.3 Å². The highest BCUT2D eigenvalue weighted by atomic mass is 19.1. The molecule has 0 aliphatic heterocycles. The third-order valence-corrected chi connectivity index (χ3v) is 3.57. The SMILES string of the molecule is COc1ccc2[nH]c(-c3ccccc3F)c(C(=O)O)c(=O)c2c1. The Hall–Kier alpha value is -3.15. The largest absolute Gasteiger partial charge is 0.497 e. The number of halogens is 1. The number of benzene rings is 2. The van der Waals surface area contributed by atoms with Crippen molar-refractivity contribution >= 4 is 16.9 Å². The first-order chi connectivity index (χ1) is 11.0. The second kappa shape index (κ2) is 5.57. The van der Waals surface area contributed by atoms with E-state index in [2.05, 4.69) is 4.98 Å². The van der Waals surface area contributed by atoms with E-state index in [9.17, 15) is 19.1 Å². The summed E-state index contributed by atoms with van der Waals surface area (Å²) in [5.74, 6) is -1.61. The first-order valence-corrected chi connectivity index (χ1v) is 6.75. The molecule has 0 fully saturated rings. The average molecular weight is 313 g/mol. The number of fused-ring (bicyclic) bond motifs is 1. The molecule has 0 aliphatic rings. The molecular weight excluding hydrogens is 301 g/mol. The van der Waals surface area contributed by atoms with E-state index in [-0.39, 0.29) is 16.6 Å². The molecule has 3 rings (SSSR count). The summed E-state index contributed by atoms with van der Waals surface area (Å²) in [6, 6.07) is 10.4. The summed E-state index contributed by atoms with van der Waals surface area (Å²) < 4.78 is 19.1. The van der Waals surface area contributed by atoms with E-state index < -0.39 is 22.8 Å². The number of carboxylic acid groups (broad SMARTS) is 1. The molecule has 0 spiro atoms. The molecule has 0 bridgehead atoms. The van der Waals surface area contributed by atoms with Crippen LogP contribution in [0.3, 0.4) is 0 Å². The summed E-state index contributed by atoms with van der Waals surface area (Å²) in [7, 11) is 1.45. The van der Waals surface area contributed by atoms with Crippen molar-refractivity contribution in [2.45, 2.75) is 0 Å². The third-order valence-electron chi connectivity index (χ3n) is 3.57. The smallest absolute Gasteiger partial charge is 0.341 e. The predicted octanol–water partition coefficient (Wildman–Crippen LogP) is 3.04. The van der Waals surface area contributed by atoms with Crippen molar-refractivity contribution in [3.05, 3.63) is 64.1 Å². The van der Waals surface area contributed by atoms with Crippen LogP contribution in [0.15, 0.2) is 47.3 Å². The van der Waals surface area contributed by atoms with E-state index >= 15 is 0 Å². The minimum atomic E-state index is -1.42. The number of pyridine rings is 1. The summed E-state index contributed by atoms with van der Waals surface area (Å²) >= 11 is 0. The van der Waals surface area contributed by atoms with E-state index in [4.69, 9.17) is 4.74 Å². The number of rotatable bonds is 3. The van der Waals surface area contributed by atoms with Crippen LogP contribution < -0.4 is 10.2 Å². The van der Waals surface area contributed by atoms with Crippen molar-refractivity contribution in [2.75, 3.05) is 7.11 Å². The molecule has 6 heteroatoms. The Bertz CT molecular complexity index is 978. The molecular formula is C17H12FNO4. The van der Waals surface area contributed by atoms with E-state index in [1.807, 2.05) is 0 Å². The highest BCUT2D eigenvalue weighted by Gasteiger charge is 2.21. The van der Waals surface area contributed by atoms with Crippen molar-refractivity contribution in [3.8, 4) is 17.0 Å². The number of ether oxygens (including phenoxy) is 1. The minimum absolute atomic E-state index is 0.0275. The number of aromatic nitrogens is 1. The Balaban J connectivity index is 2.43. The number of aromatic amines is 1. The molecule has 0 atom stereocenters. The highest BCUT2D eigenvalue weighted by molar-refractivity contribution is 5.99. The Labute approximate surface area is 130 Å². The van der Waals surface area contributed by atoms with Crippen LogP contribution in [0, 0.1) is 5.82 Å². The van der Waals surface area contributed by atoms with Gasteiger partial charge in [0.25, 0.3) is 0 Å². The van der Waals surface area contributed by atoms with Crippen molar-refractivity contribution in [2.24, 2.45) is 0 Å². The van der Waals surface area contributed by atoms with Gasteiger partial charge in [-0.25, -0.2) is 9.18 Å². The van der Waals surface area contributed by atoms with Gasteiger partial charge >= 0.3 is 5.97 Å². The number of hydrogen-bond donors (Lipinski definition) is 2. The van der Waals surface area contributed by atoms with Crippen LogP contribution in [0.5, 0.6) is 5.75 Å². The molecule has 3 aromatic rings. The van der Waals surface area contributed by atoms with Gasteiger partial charge in [-0.2, -0.15) is 0 Å². The van der Waals surface area contributed by atoms with E-state index in [1.165, 1.54) is 31.4 Å². The van der Waals surface area contributed by atoms with Gasteiger partial charge in [0.1, 0.15) is 17.1 Å². The van der Waals surface area contributed by atoms with E-state index in [0.717, 1.165) is 0 Å². The van der Waals surface area contributed by atoms with Gasteiger partial charge in [0.15, 0.2) is 0 Å². The summed E-state index contributed by atoms with van der Waals surface area (Å²) in [6.07, 6.45) is 0. The molecule has 0 amide bonds. The molecule has 0 aliphatic carbocycles. The molecule has 2 aromatic carbocycles. The Kier molecular flexibility index (Phi) is 3.57. The van der Waals surface area contributed by atoms with Crippen molar-refractivity contribution in [1.82, 2.24) is 4.98 Å². The molecule has 0 radical (unpaired) electrons. The summed E-state index contributed by atoms with van der Waals surface area (Å²) in [6.45, 7) is 0. The van der Waals surface area contributed by atoms with Crippen LogP contribution in [-0.4, -0.2) is 23.2 Å². The van der Waals surface area contributed by atoms with Crippen LogP contribution in [0.2, 0.25) is 0 Å². The maximum Gasteiger partial charge on any atom is 0.341 e. The fourth-order valence-corrected chi connectivity index (χ4v) is 2.46. The molecule has 1 aromatic heterocycles. The van der Waals surface area contributed by atoms with Crippen molar-refractivity contribution < 1.29 is 19.0 Å². The average Bonchev–Trinajstić information content (AvgIpc) is 2.54. The molecule has 23 heavy (non-hydrogen) atoms. The minimum Gasteiger partial charge on any atom is -0.497 e. The Morgan fingerprint density at radius 2 is 1.96 bits per heavy atom. The molecule has 1 heterocycles. The maximum atomic E-state index is 14.0. The third kappa shape index (κ3) is 2.44. The van der Waals surface area contributed by atoms with E-state index in [1.54, 1.807) is 18.2 Å². The number of H-pyrrole nitrogens is 1. The standard InChI is InChI=1S/C17H12FNO4/c1-23-9-6-7-13-11(8-9)16(20)14(17(21)22)15(19-13)10-4-2-3-5-12(10)18/h2-8H,1H3,(H,19,20)(H,21,22). The fraction of sp³-hybridized carbons (Fsp3) is 0.0588. The number of hydrogen-bond acceptors (Lipinski definition) is 3. The van der Waals surface area contributed by atoms with Gasteiger partial charge in [-0.3, -0.25) is 4.79 Å². The normalized spacial score (nSPS) is 10.7.